The predicted octanol–water partition coefficient (Wildman–Crippen LogP) is 1.73. The van der Waals surface area contributed by atoms with Crippen molar-refractivity contribution in [2.75, 3.05) is 13.6 Å². The van der Waals surface area contributed by atoms with Gasteiger partial charge in [0.2, 0.25) is 5.91 Å². The van der Waals surface area contributed by atoms with Crippen LogP contribution in [-0.2, 0) is 11.3 Å². The highest BCUT2D eigenvalue weighted by Crippen LogP contribution is 2.19. The van der Waals surface area contributed by atoms with E-state index in [2.05, 4.69) is 5.32 Å². The van der Waals surface area contributed by atoms with E-state index in [-0.39, 0.29) is 36.6 Å². The highest BCUT2D eigenvalue weighted by atomic mass is 35.5. The Hall–Kier alpha value is -1.66. The third-order valence-electron chi connectivity index (χ3n) is 3.33. The maximum absolute atomic E-state index is 12.1. The van der Waals surface area contributed by atoms with E-state index in [4.69, 9.17) is 0 Å². The number of rotatable bonds is 4. The average molecular weight is 300 g/mol. The topological polar surface area (TPSA) is 75.5 Å². The molecule has 1 aromatic rings. The number of nitro groups is 1. The molecule has 0 aliphatic carbocycles. The molecule has 1 aliphatic heterocycles. The third-order valence-corrected chi connectivity index (χ3v) is 3.33. The van der Waals surface area contributed by atoms with Crippen LogP contribution in [0.25, 0.3) is 0 Å². The zero-order valence-corrected chi connectivity index (χ0v) is 12.1. The van der Waals surface area contributed by atoms with E-state index in [0.29, 0.717) is 5.56 Å². The van der Waals surface area contributed by atoms with E-state index in [1.54, 1.807) is 30.1 Å². The molecule has 110 valence electrons. The molecule has 1 fully saturated rings. The lowest BCUT2D eigenvalue weighted by Crippen LogP contribution is -2.41. The molecule has 1 aromatic carbocycles. The standard InChI is InChI=1S/C13H17N3O3.ClH/c1-15(13(17)11-6-4-8-14-11)9-10-5-2-3-7-12(10)16(18)19;/h2-3,5,7,11,14H,4,6,8-9H2,1H3;1H. The van der Waals surface area contributed by atoms with Gasteiger partial charge in [0, 0.05) is 18.7 Å². The van der Waals surface area contributed by atoms with E-state index in [0.717, 1.165) is 19.4 Å². The van der Waals surface area contributed by atoms with Gasteiger partial charge >= 0.3 is 0 Å². The molecule has 0 bridgehead atoms. The summed E-state index contributed by atoms with van der Waals surface area (Å²) in [7, 11) is 1.68. The lowest BCUT2D eigenvalue weighted by Gasteiger charge is -2.21. The fourth-order valence-corrected chi connectivity index (χ4v) is 2.32. The van der Waals surface area contributed by atoms with E-state index in [9.17, 15) is 14.9 Å². The van der Waals surface area contributed by atoms with Crippen molar-refractivity contribution in [3.8, 4) is 0 Å². The number of likely N-dealkylation sites (N-methyl/N-ethyl adjacent to an activating group) is 1. The SMILES string of the molecule is CN(Cc1ccccc1[N+](=O)[O-])C(=O)C1CCCN1.Cl. The number of hydrogen-bond donors (Lipinski definition) is 1. The quantitative estimate of drug-likeness (QED) is 0.678. The van der Waals surface area contributed by atoms with Gasteiger partial charge in [0.25, 0.3) is 5.69 Å². The Bertz CT molecular complexity index is 490. The second-order valence-electron chi connectivity index (χ2n) is 4.73. The summed E-state index contributed by atoms with van der Waals surface area (Å²) in [6.45, 7) is 1.11. The molecule has 0 spiro atoms. The van der Waals surface area contributed by atoms with Crippen LogP contribution in [0.15, 0.2) is 24.3 Å². The summed E-state index contributed by atoms with van der Waals surface area (Å²) in [5.41, 5.74) is 0.614. The largest absolute Gasteiger partial charge is 0.340 e. The van der Waals surface area contributed by atoms with Crippen LogP contribution in [0.5, 0.6) is 0 Å². The van der Waals surface area contributed by atoms with Crippen molar-refractivity contribution in [2.45, 2.75) is 25.4 Å². The molecule has 1 saturated heterocycles. The maximum Gasteiger partial charge on any atom is 0.274 e. The van der Waals surface area contributed by atoms with Gasteiger partial charge < -0.3 is 10.2 Å². The van der Waals surface area contributed by atoms with E-state index < -0.39 is 4.92 Å². The van der Waals surface area contributed by atoms with Crippen molar-refractivity contribution in [1.29, 1.82) is 0 Å². The molecule has 20 heavy (non-hydrogen) atoms. The van der Waals surface area contributed by atoms with Crippen LogP contribution in [-0.4, -0.2) is 35.4 Å². The number of benzene rings is 1. The monoisotopic (exact) mass is 299 g/mol. The van der Waals surface area contributed by atoms with Crippen molar-refractivity contribution in [2.24, 2.45) is 0 Å². The van der Waals surface area contributed by atoms with Crippen molar-refractivity contribution in [3.05, 3.63) is 39.9 Å². The molecule has 1 unspecified atom stereocenters. The molecule has 1 atom stereocenters. The molecule has 1 aliphatic rings. The molecule has 0 saturated carbocycles. The molecule has 6 nitrogen and oxygen atoms in total. The summed E-state index contributed by atoms with van der Waals surface area (Å²) in [6.07, 6.45) is 1.83. The minimum Gasteiger partial charge on any atom is -0.340 e. The summed E-state index contributed by atoms with van der Waals surface area (Å²) in [5.74, 6) is -0.00403. The Balaban J connectivity index is 0.00000200. The normalized spacial score (nSPS) is 17.4. The number of nitro benzene ring substituents is 1. The molecular weight excluding hydrogens is 282 g/mol. The Morgan fingerprint density at radius 1 is 1.50 bits per heavy atom. The molecule has 1 amide bonds. The van der Waals surface area contributed by atoms with Gasteiger partial charge in [0.05, 0.1) is 17.5 Å². The minimum atomic E-state index is -0.415. The number of hydrogen-bond acceptors (Lipinski definition) is 4. The van der Waals surface area contributed by atoms with Crippen molar-refractivity contribution in [3.63, 3.8) is 0 Å². The van der Waals surface area contributed by atoms with Crippen LogP contribution in [0, 0.1) is 10.1 Å². The highest BCUT2D eigenvalue weighted by molar-refractivity contribution is 5.85. The van der Waals surface area contributed by atoms with Gasteiger partial charge in [0.1, 0.15) is 0 Å². The van der Waals surface area contributed by atoms with Crippen LogP contribution in [0.1, 0.15) is 18.4 Å². The Morgan fingerprint density at radius 2 is 2.20 bits per heavy atom. The van der Waals surface area contributed by atoms with Crippen molar-refractivity contribution in [1.82, 2.24) is 10.2 Å². The van der Waals surface area contributed by atoms with Gasteiger partial charge in [-0.25, -0.2) is 0 Å². The number of halogens is 1. The summed E-state index contributed by atoms with van der Waals surface area (Å²) in [5, 5.41) is 14.1. The zero-order valence-electron chi connectivity index (χ0n) is 11.2. The molecule has 7 heteroatoms. The van der Waals surface area contributed by atoms with Crippen LogP contribution < -0.4 is 5.32 Å². The molecule has 0 radical (unpaired) electrons. The Labute approximate surface area is 123 Å². The van der Waals surface area contributed by atoms with Gasteiger partial charge in [-0.2, -0.15) is 0 Å². The fourth-order valence-electron chi connectivity index (χ4n) is 2.32. The average Bonchev–Trinajstić information content (AvgIpc) is 2.92. The summed E-state index contributed by atoms with van der Waals surface area (Å²) >= 11 is 0. The molecule has 1 heterocycles. The first-order valence-corrected chi connectivity index (χ1v) is 6.30. The molecular formula is C13H18ClN3O3. The van der Waals surface area contributed by atoms with Gasteiger partial charge in [-0.15, -0.1) is 12.4 Å². The first kappa shape index (κ1) is 16.4. The van der Waals surface area contributed by atoms with Crippen LogP contribution in [0.2, 0.25) is 0 Å². The first-order valence-electron chi connectivity index (χ1n) is 6.30. The summed E-state index contributed by atoms with van der Waals surface area (Å²) in [6, 6.07) is 6.37. The van der Waals surface area contributed by atoms with E-state index in [1.807, 2.05) is 0 Å². The molecule has 1 N–H and O–H groups in total. The van der Waals surface area contributed by atoms with Gasteiger partial charge in [-0.3, -0.25) is 14.9 Å². The minimum absolute atomic E-state index is 0. The van der Waals surface area contributed by atoms with Gasteiger partial charge in [-0.1, -0.05) is 18.2 Å². The van der Waals surface area contributed by atoms with Crippen LogP contribution in [0.4, 0.5) is 5.69 Å². The summed E-state index contributed by atoms with van der Waals surface area (Å²) < 4.78 is 0. The molecule has 0 aromatic heterocycles. The van der Waals surface area contributed by atoms with Crippen LogP contribution >= 0.6 is 12.4 Å². The van der Waals surface area contributed by atoms with Gasteiger partial charge in [0.15, 0.2) is 0 Å². The number of nitrogens with zero attached hydrogens (tertiary/aromatic N) is 2. The second-order valence-corrected chi connectivity index (χ2v) is 4.73. The lowest BCUT2D eigenvalue weighted by atomic mass is 10.1. The fraction of sp³-hybridized carbons (Fsp3) is 0.462. The van der Waals surface area contributed by atoms with Crippen molar-refractivity contribution < 1.29 is 9.72 Å². The smallest absolute Gasteiger partial charge is 0.274 e. The maximum atomic E-state index is 12.1. The molecule has 2 rings (SSSR count). The van der Waals surface area contributed by atoms with Crippen LogP contribution in [0.3, 0.4) is 0 Å². The second kappa shape index (κ2) is 7.21. The predicted molar refractivity (Wildman–Crippen MR) is 77.8 cm³/mol. The Morgan fingerprint density at radius 3 is 2.80 bits per heavy atom. The highest BCUT2D eigenvalue weighted by Gasteiger charge is 2.26. The van der Waals surface area contributed by atoms with E-state index in [1.165, 1.54) is 6.07 Å². The summed E-state index contributed by atoms with van der Waals surface area (Å²) in [4.78, 5) is 24.2. The van der Waals surface area contributed by atoms with Crippen molar-refractivity contribution >= 4 is 24.0 Å². The number of carbonyl (C=O) groups is 1. The number of amides is 1. The lowest BCUT2D eigenvalue weighted by molar-refractivity contribution is -0.385. The number of para-hydroxylation sites is 1. The third kappa shape index (κ3) is 3.68. The Kier molecular flexibility index (Phi) is 5.91. The number of carbonyl (C=O) groups excluding carboxylic acids is 1. The van der Waals surface area contributed by atoms with Gasteiger partial charge in [-0.05, 0) is 19.4 Å². The first-order chi connectivity index (χ1) is 9.09. The number of nitrogens with one attached hydrogen (secondary N) is 1. The zero-order chi connectivity index (χ0) is 13.8. The van der Waals surface area contributed by atoms with E-state index >= 15 is 0 Å².